The maximum atomic E-state index is 13.8. The zero-order valence-corrected chi connectivity index (χ0v) is 26.1. The van der Waals surface area contributed by atoms with E-state index in [-0.39, 0.29) is 24.7 Å². The van der Waals surface area contributed by atoms with Gasteiger partial charge in [0.15, 0.2) is 11.4 Å². The maximum absolute atomic E-state index is 13.8. The SMILES string of the molecule is CCc1ccccc1Nc1nc2ccc(CC(=O)N(C)c3ccc(C(C(=O)C4CNCC4C(=O)O)N4CCOCC4)cc3)cc2o1. The van der Waals surface area contributed by atoms with Crippen molar-refractivity contribution in [3.05, 3.63) is 83.4 Å². The summed E-state index contributed by atoms with van der Waals surface area (Å²) in [6, 6.07) is 20.8. The summed E-state index contributed by atoms with van der Waals surface area (Å²) in [5.41, 5.74) is 5.66. The minimum Gasteiger partial charge on any atom is -0.481 e. The molecule has 3 heterocycles. The number of oxazole rings is 1. The van der Waals surface area contributed by atoms with Crippen molar-refractivity contribution in [1.82, 2.24) is 15.2 Å². The summed E-state index contributed by atoms with van der Waals surface area (Å²) in [5.74, 6) is -2.54. The second kappa shape index (κ2) is 13.8. The number of morpholine rings is 1. The van der Waals surface area contributed by atoms with Crippen LogP contribution in [0, 0.1) is 11.8 Å². The van der Waals surface area contributed by atoms with Crippen LogP contribution in [0.1, 0.15) is 29.7 Å². The minimum absolute atomic E-state index is 0.104. The van der Waals surface area contributed by atoms with Crippen LogP contribution in [0.2, 0.25) is 0 Å². The molecule has 3 atom stereocenters. The third-order valence-electron chi connectivity index (χ3n) is 9.00. The lowest BCUT2D eigenvalue weighted by Crippen LogP contribution is -2.45. The van der Waals surface area contributed by atoms with Gasteiger partial charge in [-0.3, -0.25) is 19.3 Å². The average Bonchev–Trinajstić information content (AvgIpc) is 3.73. The van der Waals surface area contributed by atoms with Gasteiger partial charge in [0.05, 0.1) is 31.6 Å². The Morgan fingerprint density at radius 1 is 1.04 bits per heavy atom. The summed E-state index contributed by atoms with van der Waals surface area (Å²) in [6.07, 6.45) is 1.04. The molecule has 0 saturated carbocycles. The van der Waals surface area contributed by atoms with Crippen LogP contribution < -0.4 is 15.5 Å². The van der Waals surface area contributed by atoms with E-state index in [4.69, 9.17) is 9.15 Å². The third kappa shape index (κ3) is 6.67. The normalized spacial score (nSPS) is 19.2. The number of carbonyl (C=O) groups excluding carboxylic acids is 2. The summed E-state index contributed by atoms with van der Waals surface area (Å²) in [4.78, 5) is 47.2. The molecule has 1 amide bonds. The van der Waals surface area contributed by atoms with Gasteiger partial charge in [-0.05, 0) is 53.4 Å². The number of ether oxygens (including phenoxy) is 1. The van der Waals surface area contributed by atoms with Gasteiger partial charge in [0, 0.05) is 50.5 Å². The number of aliphatic carboxylic acids is 1. The number of Topliss-reactive ketones (excluding diaryl/α,β-unsaturated/α-hetero) is 1. The lowest BCUT2D eigenvalue weighted by atomic mass is 9.85. The van der Waals surface area contributed by atoms with Crippen molar-refractivity contribution in [2.24, 2.45) is 11.8 Å². The van der Waals surface area contributed by atoms with E-state index >= 15 is 0 Å². The molecular weight excluding hydrogens is 586 g/mol. The third-order valence-corrected chi connectivity index (χ3v) is 9.00. The predicted octanol–water partition coefficient (Wildman–Crippen LogP) is 4.20. The second-order valence-electron chi connectivity index (χ2n) is 11.8. The summed E-state index contributed by atoms with van der Waals surface area (Å²) in [6.45, 7) is 4.89. The Kier molecular flexibility index (Phi) is 9.43. The lowest BCUT2D eigenvalue weighted by molar-refractivity contribution is -0.146. The largest absolute Gasteiger partial charge is 0.481 e. The Morgan fingerprint density at radius 3 is 2.52 bits per heavy atom. The number of aromatic nitrogens is 1. The van der Waals surface area contributed by atoms with Gasteiger partial charge in [0.2, 0.25) is 5.91 Å². The van der Waals surface area contributed by atoms with E-state index < -0.39 is 23.8 Å². The Hall–Kier alpha value is -4.58. The number of para-hydroxylation sites is 1. The number of carboxylic acids is 1. The molecule has 0 aliphatic carbocycles. The predicted molar refractivity (Wildman–Crippen MR) is 174 cm³/mol. The number of nitrogens with zero attached hydrogens (tertiary/aromatic N) is 3. The summed E-state index contributed by atoms with van der Waals surface area (Å²) in [5, 5.41) is 16.0. The number of benzene rings is 3. The first-order valence-electron chi connectivity index (χ1n) is 15.7. The second-order valence-corrected chi connectivity index (χ2v) is 11.8. The van der Waals surface area contributed by atoms with Crippen LogP contribution in [0.25, 0.3) is 11.1 Å². The van der Waals surface area contributed by atoms with Crippen molar-refractivity contribution in [1.29, 1.82) is 0 Å². The summed E-state index contributed by atoms with van der Waals surface area (Å²) >= 11 is 0. The van der Waals surface area contributed by atoms with E-state index in [1.165, 1.54) is 0 Å². The molecular formula is C35H39N5O6. The Labute approximate surface area is 267 Å². The quantitative estimate of drug-likeness (QED) is 0.222. The zero-order valence-electron chi connectivity index (χ0n) is 26.1. The van der Waals surface area contributed by atoms with Gasteiger partial charge in [-0.1, -0.05) is 43.3 Å². The molecule has 4 aromatic rings. The number of carbonyl (C=O) groups is 3. The molecule has 2 saturated heterocycles. The molecule has 2 aliphatic heterocycles. The first kappa shape index (κ1) is 31.4. The molecule has 1 aromatic heterocycles. The van der Waals surface area contributed by atoms with Crippen molar-refractivity contribution in [2.75, 3.05) is 56.7 Å². The zero-order chi connectivity index (χ0) is 32.2. The number of amides is 1. The standard InChI is InChI=1S/C35H39N5O6/c1-3-23-6-4-5-7-28(23)37-35-38-29-13-8-22(18-30(29)46-35)19-31(41)39(2)25-11-9-24(10-12-25)32(40-14-16-45-17-15-40)33(42)26-20-36-21-27(26)34(43)44/h4-13,18,26-27,32,36H,3,14-17,19-21H2,1-2H3,(H,37,38)(H,43,44). The number of anilines is 3. The lowest BCUT2D eigenvalue weighted by Gasteiger charge is -2.35. The van der Waals surface area contributed by atoms with Gasteiger partial charge in [-0.2, -0.15) is 4.98 Å². The van der Waals surface area contributed by atoms with Crippen molar-refractivity contribution in [3.8, 4) is 0 Å². The van der Waals surface area contributed by atoms with Crippen molar-refractivity contribution in [3.63, 3.8) is 0 Å². The van der Waals surface area contributed by atoms with E-state index in [9.17, 15) is 19.5 Å². The van der Waals surface area contributed by atoms with Gasteiger partial charge in [0.25, 0.3) is 6.01 Å². The Morgan fingerprint density at radius 2 is 1.78 bits per heavy atom. The van der Waals surface area contributed by atoms with Gasteiger partial charge in [-0.15, -0.1) is 0 Å². The molecule has 2 aliphatic rings. The van der Waals surface area contributed by atoms with Gasteiger partial charge in [0.1, 0.15) is 5.52 Å². The van der Waals surface area contributed by atoms with E-state index in [1.807, 2.05) is 60.7 Å². The molecule has 0 radical (unpaired) electrons. The first-order valence-corrected chi connectivity index (χ1v) is 15.7. The number of rotatable bonds is 11. The Balaban J connectivity index is 1.15. The first-order chi connectivity index (χ1) is 22.3. The topological polar surface area (TPSA) is 137 Å². The van der Waals surface area contributed by atoms with Crippen LogP contribution in [0.3, 0.4) is 0 Å². The number of ketones is 1. The van der Waals surface area contributed by atoms with Gasteiger partial charge in [-0.25, -0.2) is 0 Å². The molecule has 2 fully saturated rings. The minimum atomic E-state index is -0.961. The van der Waals surface area contributed by atoms with Crippen LogP contribution in [0.5, 0.6) is 0 Å². The molecule has 0 spiro atoms. The fourth-order valence-electron chi connectivity index (χ4n) is 6.35. The van der Waals surface area contributed by atoms with E-state index in [0.29, 0.717) is 55.6 Å². The number of carboxylic acid groups (broad SMARTS) is 1. The monoisotopic (exact) mass is 625 g/mol. The maximum Gasteiger partial charge on any atom is 0.308 e. The molecule has 240 valence electrons. The molecule has 11 heteroatoms. The smallest absolute Gasteiger partial charge is 0.308 e. The molecule has 6 rings (SSSR count). The van der Waals surface area contributed by atoms with Crippen molar-refractivity contribution >= 4 is 46.1 Å². The van der Waals surface area contributed by atoms with E-state index in [0.717, 1.165) is 28.8 Å². The number of aryl methyl sites for hydroxylation is 1. The number of hydrogen-bond donors (Lipinski definition) is 3. The fourth-order valence-corrected chi connectivity index (χ4v) is 6.35. The molecule has 11 nitrogen and oxygen atoms in total. The Bertz CT molecular complexity index is 1710. The van der Waals surface area contributed by atoms with Crippen LogP contribution in [0.15, 0.2) is 71.1 Å². The molecule has 3 unspecified atom stereocenters. The number of fused-ring (bicyclic) bond motifs is 1. The van der Waals surface area contributed by atoms with Gasteiger partial charge >= 0.3 is 5.97 Å². The van der Waals surface area contributed by atoms with Crippen molar-refractivity contribution in [2.45, 2.75) is 25.8 Å². The molecule has 3 N–H and O–H groups in total. The number of hydrogen-bond acceptors (Lipinski definition) is 9. The highest BCUT2D eigenvalue weighted by molar-refractivity contribution is 5.95. The number of nitrogens with one attached hydrogen (secondary N) is 2. The molecule has 0 bridgehead atoms. The van der Waals surface area contributed by atoms with Crippen LogP contribution in [0.4, 0.5) is 17.4 Å². The van der Waals surface area contributed by atoms with Crippen molar-refractivity contribution < 1.29 is 28.6 Å². The average molecular weight is 626 g/mol. The van der Waals surface area contributed by atoms with Crippen LogP contribution in [-0.2, 0) is 32.0 Å². The highest BCUT2D eigenvalue weighted by Crippen LogP contribution is 2.32. The molecule has 46 heavy (non-hydrogen) atoms. The summed E-state index contributed by atoms with van der Waals surface area (Å²) in [7, 11) is 1.73. The number of likely N-dealkylation sites (N-methyl/N-ethyl adjacent to an activating group) is 1. The van der Waals surface area contributed by atoms with E-state index in [1.54, 1.807) is 11.9 Å². The van der Waals surface area contributed by atoms with Gasteiger partial charge < -0.3 is 29.8 Å². The molecule has 3 aromatic carbocycles. The van der Waals surface area contributed by atoms with E-state index in [2.05, 4.69) is 33.5 Å². The highest BCUT2D eigenvalue weighted by atomic mass is 16.5. The fraction of sp³-hybridized carbons (Fsp3) is 0.371. The summed E-state index contributed by atoms with van der Waals surface area (Å²) < 4.78 is 11.5. The van der Waals surface area contributed by atoms with Crippen LogP contribution >= 0.6 is 0 Å². The highest BCUT2D eigenvalue weighted by Gasteiger charge is 2.42. The van der Waals surface area contributed by atoms with Crippen LogP contribution in [-0.4, -0.2) is 79.1 Å².